The summed E-state index contributed by atoms with van der Waals surface area (Å²) in [6.07, 6.45) is 5.92. The number of methoxy groups -OCH3 is 1. The minimum absolute atomic E-state index is 0. The predicted octanol–water partition coefficient (Wildman–Crippen LogP) is 4.09. The molecule has 1 aliphatic rings. The fraction of sp³-hybridized carbons (Fsp3) is 0.609. The van der Waals surface area contributed by atoms with Crippen LogP contribution >= 0.6 is 35.7 Å². The van der Waals surface area contributed by atoms with E-state index in [0.29, 0.717) is 12.6 Å². The number of hydrogen-bond acceptors (Lipinski definition) is 5. The lowest BCUT2D eigenvalue weighted by molar-refractivity contribution is 0.414. The molecule has 0 saturated heterocycles. The van der Waals surface area contributed by atoms with Gasteiger partial charge in [-0.15, -0.1) is 34.2 Å². The van der Waals surface area contributed by atoms with Crippen molar-refractivity contribution in [3.63, 3.8) is 0 Å². The zero-order valence-electron chi connectivity index (χ0n) is 19.6. The molecule has 1 aromatic heterocycles. The summed E-state index contributed by atoms with van der Waals surface area (Å²) in [4.78, 5) is 4.84. The summed E-state index contributed by atoms with van der Waals surface area (Å²) in [5.41, 5.74) is 1.27. The lowest BCUT2D eigenvalue weighted by Gasteiger charge is -2.30. The first-order valence-corrected chi connectivity index (χ1v) is 12.3. The number of ether oxygens (including phenoxy) is 1. The second kappa shape index (κ2) is 13.9. The molecule has 32 heavy (non-hydrogen) atoms. The molecule has 9 heteroatoms. The average molecular weight is 573 g/mol. The molecule has 0 bridgehead atoms. The summed E-state index contributed by atoms with van der Waals surface area (Å²) in [5, 5.41) is 16.4. The zero-order chi connectivity index (χ0) is 22.1. The first-order valence-electron chi connectivity index (χ1n) is 11.2. The molecular formula is C23H37IN6OS. The van der Waals surface area contributed by atoms with Gasteiger partial charge in [0.2, 0.25) is 0 Å². The second-order valence-electron chi connectivity index (χ2n) is 8.00. The van der Waals surface area contributed by atoms with E-state index in [1.54, 1.807) is 7.11 Å². The molecule has 2 N–H and O–H groups in total. The Balaban J connectivity index is 0.00000363. The Morgan fingerprint density at radius 3 is 2.69 bits per heavy atom. The predicted molar refractivity (Wildman–Crippen MR) is 144 cm³/mol. The van der Waals surface area contributed by atoms with Crippen LogP contribution in [-0.2, 0) is 20.0 Å². The van der Waals surface area contributed by atoms with Crippen LogP contribution in [0.2, 0.25) is 0 Å². The number of nitrogens with zero attached hydrogens (tertiary/aromatic N) is 4. The molecule has 0 spiro atoms. The number of hydrogen-bond donors (Lipinski definition) is 2. The smallest absolute Gasteiger partial charge is 0.191 e. The van der Waals surface area contributed by atoms with Crippen LogP contribution in [0.15, 0.2) is 29.3 Å². The van der Waals surface area contributed by atoms with Gasteiger partial charge < -0.3 is 19.9 Å². The van der Waals surface area contributed by atoms with Gasteiger partial charge in [0.25, 0.3) is 0 Å². The number of aryl methyl sites for hydroxylation is 1. The maximum absolute atomic E-state index is 5.25. The quantitative estimate of drug-likeness (QED) is 0.268. The van der Waals surface area contributed by atoms with E-state index in [1.165, 1.54) is 37.0 Å². The zero-order valence-corrected chi connectivity index (χ0v) is 22.8. The normalized spacial score (nSPS) is 18.7. The number of guanidine groups is 1. The van der Waals surface area contributed by atoms with E-state index in [9.17, 15) is 0 Å². The lowest BCUT2D eigenvalue weighted by Crippen LogP contribution is -2.46. The lowest BCUT2D eigenvalue weighted by atomic mass is 9.95. The summed E-state index contributed by atoms with van der Waals surface area (Å²) in [6.45, 7) is 5.53. The van der Waals surface area contributed by atoms with E-state index < -0.39 is 0 Å². The second-order valence-corrected chi connectivity index (χ2v) is 9.57. The monoisotopic (exact) mass is 572 g/mol. The Morgan fingerprint density at radius 1 is 1.25 bits per heavy atom. The van der Waals surface area contributed by atoms with Crippen LogP contribution in [-0.4, -0.2) is 51.4 Å². The molecule has 1 saturated carbocycles. The molecule has 1 heterocycles. The highest BCUT2D eigenvalue weighted by Crippen LogP contribution is 2.28. The maximum Gasteiger partial charge on any atom is 0.191 e. The van der Waals surface area contributed by atoms with Crippen LogP contribution in [0, 0.1) is 6.92 Å². The molecule has 0 amide bonds. The van der Waals surface area contributed by atoms with Crippen LogP contribution in [0.25, 0.3) is 0 Å². The summed E-state index contributed by atoms with van der Waals surface area (Å²) in [7, 11) is 3.68. The van der Waals surface area contributed by atoms with Crippen LogP contribution in [0.1, 0.15) is 49.8 Å². The highest BCUT2D eigenvalue weighted by molar-refractivity contribution is 14.0. The molecule has 2 aromatic rings. The standard InChI is InChI=1S/C23H36N6OS.HI/c1-5-31-21-8-6-7-19(15-21)26-23(25-16-22-28-27-17(2)29(22)3)24-14-13-18-9-11-20(30-4)12-10-18;/h9-12,19,21H,5-8,13-16H2,1-4H3,(H2,24,25,26);1H. The van der Waals surface area contributed by atoms with Gasteiger partial charge in [0.1, 0.15) is 18.1 Å². The van der Waals surface area contributed by atoms with E-state index in [-0.39, 0.29) is 24.0 Å². The Labute approximate surface area is 213 Å². The molecule has 1 aliphatic carbocycles. The van der Waals surface area contributed by atoms with Crippen LogP contribution in [0.5, 0.6) is 5.75 Å². The number of benzene rings is 1. The summed E-state index contributed by atoms with van der Waals surface area (Å²) in [6, 6.07) is 8.70. The summed E-state index contributed by atoms with van der Waals surface area (Å²) >= 11 is 2.08. The maximum atomic E-state index is 5.25. The highest BCUT2D eigenvalue weighted by atomic mass is 127. The SMILES string of the molecule is CCSC1CCCC(NC(=NCc2nnc(C)n2C)NCCc2ccc(OC)cc2)C1.I. The van der Waals surface area contributed by atoms with E-state index in [4.69, 9.17) is 9.73 Å². The number of aliphatic imine (C=N–C) groups is 1. The Hall–Kier alpha value is -1.49. The molecule has 0 aliphatic heterocycles. The van der Waals surface area contributed by atoms with Crippen molar-refractivity contribution in [1.29, 1.82) is 0 Å². The number of rotatable bonds is 9. The third-order valence-electron chi connectivity index (χ3n) is 5.80. The molecule has 3 rings (SSSR count). The van der Waals surface area contributed by atoms with E-state index in [0.717, 1.165) is 41.6 Å². The van der Waals surface area contributed by atoms with Crippen LogP contribution in [0.4, 0.5) is 0 Å². The van der Waals surface area contributed by atoms with Gasteiger partial charge in [0, 0.05) is 24.9 Å². The average Bonchev–Trinajstić information content (AvgIpc) is 3.10. The highest BCUT2D eigenvalue weighted by Gasteiger charge is 2.22. The summed E-state index contributed by atoms with van der Waals surface area (Å²) in [5.74, 6) is 4.71. The van der Waals surface area contributed by atoms with Gasteiger partial charge in [-0.05, 0) is 56.1 Å². The molecule has 178 valence electrons. The first kappa shape index (κ1) is 26.8. The van der Waals surface area contributed by atoms with Crippen molar-refractivity contribution in [1.82, 2.24) is 25.4 Å². The fourth-order valence-electron chi connectivity index (χ4n) is 3.86. The van der Waals surface area contributed by atoms with Crippen molar-refractivity contribution in [3.05, 3.63) is 41.5 Å². The third-order valence-corrected chi connectivity index (χ3v) is 7.03. The third kappa shape index (κ3) is 8.13. The molecule has 7 nitrogen and oxygen atoms in total. The van der Waals surface area contributed by atoms with Gasteiger partial charge in [-0.2, -0.15) is 11.8 Å². The van der Waals surface area contributed by atoms with E-state index in [1.807, 2.05) is 30.7 Å². The Kier molecular flexibility index (Phi) is 11.6. The van der Waals surface area contributed by atoms with Gasteiger partial charge in [-0.1, -0.05) is 25.5 Å². The van der Waals surface area contributed by atoms with Crippen LogP contribution < -0.4 is 15.4 Å². The first-order chi connectivity index (χ1) is 15.1. The molecule has 1 fully saturated rings. The minimum Gasteiger partial charge on any atom is -0.497 e. The number of aromatic nitrogens is 3. The fourth-order valence-corrected chi connectivity index (χ4v) is 5.04. The summed E-state index contributed by atoms with van der Waals surface area (Å²) < 4.78 is 7.24. The van der Waals surface area contributed by atoms with Gasteiger partial charge in [-0.3, -0.25) is 0 Å². The Bertz CT molecular complexity index is 840. The molecule has 2 atom stereocenters. The van der Waals surface area contributed by atoms with Crippen LogP contribution in [0.3, 0.4) is 0 Å². The van der Waals surface area contributed by atoms with Gasteiger partial charge in [-0.25, -0.2) is 4.99 Å². The largest absolute Gasteiger partial charge is 0.497 e. The van der Waals surface area contributed by atoms with Crippen molar-refractivity contribution in [3.8, 4) is 5.75 Å². The van der Waals surface area contributed by atoms with Gasteiger partial charge in [0.05, 0.1) is 7.11 Å². The number of thioether (sulfide) groups is 1. The van der Waals surface area contributed by atoms with Gasteiger partial charge in [0.15, 0.2) is 11.8 Å². The molecule has 0 radical (unpaired) electrons. The number of halogens is 1. The van der Waals surface area contributed by atoms with Crippen molar-refractivity contribution in [2.45, 2.75) is 63.8 Å². The molecule has 2 unspecified atom stereocenters. The van der Waals surface area contributed by atoms with Crippen molar-refractivity contribution >= 4 is 41.7 Å². The van der Waals surface area contributed by atoms with Crippen molar-refractivity contribution < 1.29 is 4.74 Å². The van der Waals surface area contributed by atoms with E-state index >= 15 is 0 Å². The molecule has 1 aromatic carbocycles. The topological polar surface area (TPSA) is 76.4 Å². The Morgan fingerprint density at radius 2 is 2.03 bits per heavy atom. The molecular weight excluding hydrogens is 535 g/mol. The van der Waals surface area contributed by atoms with Crippen molar-refractivity contribution in [2.75, 3.05) is 19.4 Å². The number of nitrogens with one attached hydrogen (secondary N) is 2. The minimum atomic E-state index is 0. The van der Waals surface area contributed by atoms with Gasteiger partial charge >= 0.3 is 0 Å². The van der Waals surface area contributed by atoms with E-state index in [2.05, 4.69) is 51.6 Å². The van der Waals surface area contributed by atoms with Crippen molar-refractivity contribution in [2.24, 2.45) is 12.0 Å².